The van der Waals surface area contributed by atoms with Crippen molar-refractivity contribution in [3.63, 3.8) is 0 Å². The summed E-state index contributed by atoms with van der Waals surface area (Å²) in [4.78, 5) is 23.9. The Kier molecular flexibility index (Phi) is 5.86. The quantitative estimate of drug-likeness (QED) is 0.805. The number of ether oxygens (including phenoxy) is 3. The van der Waals surface area contributed by atoms with Crippen LogP contribution >= 0.6 is 0 Å². The number of nitrogens with one attached hydrogen (secondary N) is 1. The maximum absolute atomic E-state index is 12.5. The Hall–Kier alpha value is -2.86. The van der Waals surface area contributed by atoms with Crippen LogP contribution in [0.4, 0.5) is 5.69 Å². The molecule has 1 heterocycles. The Bertz CT molecular complexity index is 766. The Labute approximate surface area is 152 Å². The Morgan fingerprint density at radius 1 is 1.12 bits per heavy atom. The van der Waals surface area contributed by atoms with Crippen LogP contribution in [-0.2, 0) is 9.47 Å². The molecule has 2 aromatic rings. The Balaban J connectivity index is 1.66. The second kappa shape index (κ2) is 8.49. The molecule has 6 nitrogen and oxygen atoms in total. The minimum Gasteiger partial charge on any atom is -0.489 e. The summed E-state index contributed by atoms with van der Waals surface area (Å²) in [6.07, 6.45) is 2.14. The highest BCUT2D eigenvalue weighted by Crippen LogP contribution is 2.25. The zero-order chi connectivity index (χ0) is 18.4. The molecule has 0 aromatic heterocycles. The molecular weight excluding hydrogens is 334 g/mol. The molecule has 0 saturated carbocycles. The van der Waals surface area contributed by atoms with Gasteiger partial charge in [-0.25, -0.2) is 4.79 Å². The number of methoxy groups -OCH3 is 1. The van der Waals surface area contributed by atoms with Gasteiger partial charge in [-0.2, -0.15) is 0 Å². The van der Waals surface area contributed by atoms with Crippen LogP contribution < -0.4 is 10.1 Å². The summed E-state index contributed by atoms with van der Waals surface area (Å²) in [5, 5.41) is 2.84. The third-order valence-corrected chi connectivity index (χ3v) is 4.15. The van der Waals surface area contributed by atoms with E-state index in [9.17, 15) is 9.59 Å². The van der Waals surface area contributed by atoms with Gasteiger partial charge in [-0.15, -0.1) is 0 Å². The van der Waals surface area contributed by atoms with Gasteiger partial charge in [0.2, 0.25) is 0 Å². The van der Waals surface area contributed by atoms with Crippen molar-refractivity contribution in [3.05, 3.63) is 59.7 Å². The molecular formula is C20H21NO5. The third kappa shape index (κ3) is 4.40. The SMILES string of the molecule is COC(=O)c1ccc(C(=O)Nc2ccccc2OCC2CCCO2)cc1. The van der Waals surface area contributed by atoms with Crippen LogP contribution in [0.5, 0.6) is 5.75 Å². The van der Waals surface area contributed by atoms with Crippen molar-refractivity contribution >= 4 is 17.6 Å². The first-order valence-corrected chi connectivity index (χ1v) is 8.50. The van der Waals surface area contributed by atoms with Crippen LogP contribution in [0.25, 0.3) is 0 Å². The van der Waals surface area contributed by atoms with E-state index in [4.69, 9.17) is 9.47 Å². The van der Waals surface area contributed by atoms with E-state index in [-0.39, 0.29) is 12.0 Å². The number of para-hydroxylation sites is 2. The smallest absolute Gasteiger partial charge is 0.337 e. The average Bonchev–Trinajstić information content (AvgIpc) is 3.20. The molecule has 6 heteroatoms. The van der Waals surface area contributed by atoms with Crippen LogP contribution in [0, 0.1) is 0 Å². The van der Waals surface area contributed by atoms with E-state index in [0.717, 1.165) is 19.4 Å². The fourth-order valence-corrected chi connectivity index (χ4v) is 2.72. The lowest BCUT2D eigenvalue weighted by Crippen LogP contribution is -2.18. The Morgan fingerprint density at radius 3 is 2.54 bits per heavy atom. The molecule has 3 rings (SSSR count). The lowest BCUT2D eigenvalue weighted by Gasteiger charge is -2.15. The highest BCUT2D eigenvalue weighted by atomic mass is 16.5. The molecule has 1 atom stereocenters. The van der Waals surface area contributed by atoms with Gasteiger partial charge >= 0.3 is 5.97 Å². The number of hydrogen-bond donors (Lipinski definition) is 1. The predicted molar refractivity (Wildman–Crippen MR) is 96.6 cm³/mol. The third-order valence-electron chi connectivity index (χ3n) is 4.15. The van der Waals surface area contributed by atoms with E-state index in [0.29, 0.717) is 29.2 Å². The van der Waals surface area contributed by atoms with Gasteiger partial charge in [0.05, 0.1) is 24.5 Å². The molecule has 1 aliphatic rings. The first-order valence-electron chi connectivity index (χ1n) is 8.50. The molecule has 0 spiro atoms. The van der Waals surface area contributed by atoms with E-state index in [2.05, 4.69) is 10.1 Å². The number of carbonyl (C=O) groups excluding carboxylic acids is 2. The number of anilines is 1. The minimum absolute atomic E-state index is 0.102. The second-order valence-electron chi connectivity index (χ2n) is 5.97. The van der Waals surface area contributed by atoms with Crippen LogP contribution in [0.3, 0.4) is 0 Å². The molecule has 2 aromatic carbocycles. The summed E-state index contributed by atoms with van der Waals surface area (Å²) in [5.74, 6) is -0.123. The normalized spacial score (nSPS) is 16.1. The molecule has 0 aliphatic carbocycles. The first-order chi connectivity index (χ1) is 12.7. The van der Waals surface area contributed by atoms with Crippen molar-refractivity contribution < 1.29 is 23.8 Å². The predicted octanol–water partition coefficient (Wildman–Crippen LogP) is 3.28. The highest BCUT2D eigenvalue weighted by molar-refractivity contribution is 6.05. The number of amides is 1. The number of hydrogen-bond acceptors (Lipinski definition) is 5. The Morgan fingerprint density at radius 2 is 1.85 bits per heavy atom. The van der Waals surface area contributed by atoms with E-state index in [1.807, 2.05) is 18.2 Å². The molecule has 26 heavy (non-hydrogen) atoms. The molecule has 0 bridgehead atoms. The van der Waals surface area contributed by atoms with E-state index in [1.165, 1.54) is 7.11 Å². The van der Waals surface area contributed by atoms with E-state index in [1.54, 1.807) is 30.3 Å². The lowest BCUT2D eigenvalue weighted by atomic mass is 10.1. The van der Waals surface area contributed by atoms with Gasteiger partial charge < -0.3 is 19.5 Å². The van der Waals surface area contributed by atoms with Gasteiger partial charge in [-0.3, -0.25) is 4.79 Å². The van der Waals surface area contributed by atoms with Crippen molar-refractivity contribution in [3.8, 4) is 5.75 Å². The molecule has 1 saturated heterocycles. The van der Waals surface area contributed by atoms with Crippen molar-refractivity contribution in [1.29, 1.82) is 0 Å². The topological polar surface area (TPSA) is 73.9 Å². The summed E-state index contributed by atoms with van der Waals surface area (Å²) in [6, 6.07) is 13.5. The number of benzene rings is 2. The molecule has 1 amide bonds. The van der Waals surface area contributed by atoms with E-state index < -0.39 is 5.97 Å². The van der Waals surface area contributed by atoms with Crippen molar-refractivity contribution in [1.82, 2.24) is 0 Å². The summed E-state index contributed by atoms with van der Waals surface area (Å²) < 4.78 is 16.0. The van der Waals surface area contributed by atoms with Gasteiger partial charge in [0, 0.05) is 12.2 Å². The second-order valence-corrected chi connectivity index (χ2v) is 5.97. The maximum Gasteiger partial charge on any atom is 0.337 e. The standard InChI is InChI=1S/C20H21NO5/c1-24-20(23)15-10-8-14(9-11-15)19(22)21-17-6-2-3-7-18(17)26-13-16-5-4-12-25-16/h2-3,6-11,16H,4-5,12-13H2,1H3,(H,21,22). The number of carbonyl (C=O) groups is 2. The van der Waals surface area contributed by atoms with Crippen molar-refractivity contribution in [2.24, 2.45) is 0 Å². The summed E-state index contributed by atoms with van der Waals surface area (Å²) >= 11 is 0. The molecule has 0 radical (unpaired) electrons. The van der Waals surface area contributed by atoms with Crippen LogP contribution in [0.2, 0.25) is 0 Å². The molecule has 1 fully saturated rings. The fourth-order valence-electron chi connectivity index (χ4n) is 2.72. The van der Waals surface area contributed by atoms with Crippen LogP contribution in [0.1, 0.15) is 33.6 Å². The zero-order valence-electron chi connectivity index (χ0n) is 14.6. The van der Waals surface area contributed by atoms with Crippen molar-refractivity contribution in [2.45, 2.75) is 18.9 Å². The van der Waals surface area contributed by atoms with Gasteiger partial charge in [0.15, 0.2) is 0 Å². The minimum atomic E-state index is -0.440. The largest absolute Gasteiger partial charge is 0.489 e. The van der Waals surface area contributed by atoms with Gasteiger partial charge in [0.1, 0.15) is 12.4 Å². The first kappa shape index (κ1) is 17.9. The average molecular weight is 355 g/mol. The van der Waals surface area contributed by atoms with Crippen LogP contribution in [-0.4, -0.2) is 38.3 Å². The highest BCUT2D eigenvalue weighted by Gasteiger charge is 2.17. The van der Waals surface area contributed by atoms with Crippen molar-refractivity contribution in [2.75, 3.05) is 25.6 Å². The summed E-state index contributed by atoms with van der Waals surface area (Å²) in [6.45, 7) is 1.23. The van der Waals surface area contributed by atoms with Gasteiger partial charge in [0.25, 0.3) is 5.91 Å². The lowest BCUT2D eigenvalue weighted by molar-refractivity contribution is 0.0600. The molecule has 136 valence electrons. The number of esters is 1. The summed E-state index contributed by atoms with van der Waals surface area (Å²) in [7, 11) is 1.32. The summed E-state index contributed by atoms with van der Waals surface area (Å²) in [5.41, 5.74) is 1.42. The zero-order valence-corrected chi connectivity index (χ0v) is 14.6. The van der Waals surface area contributed by atoms with Crippen LogP contribution in [0.15, 0.2) is 48.5 Å². The van der Waals surface area contributed by atoms with Gasteiger partial charge in [-0.05, 0) is 49.2 Å². The molecule has 1 N–H and O–H groups in total. The molecule has 1 aliphatic heterocycles. The van der Waals surface area contributed by atoms with Gasteiger partial charge in [-0.1, -0.05) is 12.1 Å². The molecule has 1 unspecified atom stereocenters. The maximum atomic E-state index is 12.5. The number of rotatable bonds is 6. The fraction of sp³-hybridized carbons (Fsp3) is 0.300. The van der Waals surface area contributed by atoms with E-state index >= 15 is 0 Å². The monoisotopic (exact) mass is 355 g/mol.